The molecule has 0 radical (unpaired) electrons. The van der Waals surface area contributed by atoms with E-state index in [1.807, 2.05) is 32.9 Å². The van der Waals surface area contributed by atoms with Crippen LogP contribution in [0, 0.1) is 17.8 Å². The van der Waals surface area contributed by atoms with Crippen molar-refractivity contribution < 1.29 is 28.7 Å². The van der Waals surface area contributed by atoms with Gasteiger partial charge in [-0.05, 0) is 55.9 Å². The molecule has 254 valence electrons. The molecule has 4 fully saturated rings. The van der Waals surface area contributed by atoms with Crippen molar-refractivity contribution in [3.05, 3.63) is 29.5 Å². The van der Waals surface area contributed by atoms with Crippen molar-refractivity contribution in [3.63, 3.8) is 0 Å². The fourth-order valence-electron chi connectivity index (χ4n) is 8.53. The van der Waals surface area contributed by atoms with Crippen LogP contribution in [0.25, 0.3) is 10.9 Å². The summed E-state index contributed by atoms with van der Waals surface area (Å²) >= 11 is 0. The van der Waals surface area contributed by atoms with E-state index in [0.717, 1.165) is 60.4 Å². The van der Waals surface area contributed by atoms with E-state index < -0.39 is 17.4 Å². The second-order valence-corrected chi connectivity index (χ2v) is 13.8. The molecule has 1 saturated carbocycles. The number of amides is 4. The number of piperidine rings is 1. The molecule has 12 heteroatoms. The molecule has 3 saturated heterocycles. The zero-order valence-corrected chi connectivity index (χ0v) is 27.7. The lowest BCUT2D eigenvalue weighted by atomic mass is 9.65. The number of hydrogen-bond donors (Lipinski definition) is 2. The van der Waals surface area contributed by atoms with Crippen LogP contribution in [0.5, 0.6) is 5.75 Å². The summed E-state index contributed by atoms with van der Waals surface area (Å²) in [6.07, 6.45) is 3.50. The fraction of sp³-hybridized carbons (Fsp3) is 0.657. The van der Waals surface area contributed by atoms with Crippen molar-refractivity contribution >= 4 is 34.5 Å². The number of aromatic amines is 1. The molecular weight excluding hydrogens is 600 g/mol. The van der Waals surface area contributed by atoms with Crippen molar-refractivity contribution in [1.82, 2.24) is 29.9 Å². The highest BCUT2D eigenvalue weighted by Crippen LogP contribution is 2.52. The number of fused-ring (bicyclic) bond motifs is 5. The van der Waals surface area contributed by atoms with E-state index in [2.05, 4.69) is 22.1 Å². The number of carbonyl (C=O) groups is 4. The predicted molar refractivity (Wildman–Crippen MR) is 175 cm³/mol. The van der Waals surface area contributed by atoms with Gasteiger partial charge in [0, 0.05) is 93.8 Å². The van der Waals surface area contributed by atoms with E-state index in [4.69, 9.17) is 9.47 Å². The standard InChI is InChI=1S/C35H48N6O6/c1-3-35-28(34(45)40-14-12-39(13-15-40)32(43)23-4-5-23)20-24(21-30(42)36-9-11-38-16-18-47-19-17-38)33(44)41(35)10-8-26-27-22-25(46-2)6-7-29(27)37-31(26)35/h6-7,22-24,28,37H,3-5,8-21H2,1-2H3,(H,36,42)/t24?,28-,35+/m1/s1. The van der Waals surface area contributed by atoms with Gasteiger partial charge in [-0.1, -0.05) is 6.92 Å². The second kappa shape index (κ2) is 13.1. The molecule has 1 aromatic heterocycles. The Morgan fingerprint density at radius 3 is 2.43 bits per heavy atom. The van der Waals surface area contributed by atoms with Crippen molar-refractivity contribution in [2.75, 3.05) is 79.2 Å². The Labute approximate surface area is 276 Å². The van der Waals surface area contributed by atoms with Gasteiger partial charge in [0.25, 0.3) is 0 Å². The summed E-state index contributed by atoms with van der Waals surface area (Å²) in [5.74, 6) is -0.202. The number of nitrogens with zero attached hydrogens (tertiary/aromatic N) is 4. The number of nitrogens with one attached hydrogen (secondary N) is 2. The number of morpholine rings is 1. The Kier molecular flexibility index (Phi) is 8.90. The Morgan fingerprint density at radius 2 is 1.74 bits per heavy atom. The Bertz CT molecular complexity index is 1520. The summed E-state index contributed by atoms with van der Waals surface area (Å²) in [6, 6.07) is 5.96. The molecule has 0 spiro atoms. The van der Waals surface area contributed by atoms with Crippen LogP contribution >= 0.6 is 0 Å². The lowest BCUT2D eigenvalue weighted by Crippen LogP contribution is -2.66. The second-order valence-electron chi connectivity index (χ2n) is 13.8. The number of methoxy groups -OCH3 is 1. The molecular formula is C35H48N6O6. The van der Waals surface area contributed by atoms with Gasteiger partial charge in [0.05, 0.1) is 31.8 Å². The maximum atomic E-state index is 14.7. The molecule has 1 aliphatic carbocycles. The van der Waals surface area contributed by atoms with Gasteiger partial charge in [-0.2, -0.15) is 0 Å². The first-order valence-electron chi connectivity index (χ1n) is 17.5. The molecule has 5 heterocycles. The molecule has 7 rings (SSSR count). The lowest BCUT2D eigenvalue weighted by Gasteiger charge is -2.56. The zero-order valence-electron chi connectivity index (χ0n) is 27.7. The van der Waals surface area contributed by atoms with Crippen LogP contribution in [0.15, 0.2) is 18.2 Å². The summed E-state index contributed by atoms with van der Waals surface area (Å²) in [4.78, 5) is 66.7. The van der Waals surface area contributed by atoms with E-state index in [1.54, 1.807) is 7.11 Å². The van der Waals surface area contributed by atoms with Gasteiger partial charge in [-0.3, -0.25) is 24.1 Å². The number of aromatic nitrogens is 1. The third-order valence-corrected chi connectivity index (χ3v) is 11.3. The first-order chi connectivity index (χ1) is 22.8. The highest BCUT2D eigenvalue weighted by molar-refractivity contribution is 5.93. The van der Waals surface area contributed by atoms with E-state index in [-0.39, 0.29) is 36.0 Å². The number of hydrogen-bond acceptors (Lipinski definition) is 7. The Hall–Kier alpha value is -3.64. The van der Waals surface area contributed by atoms with Gasteiger partial charge in [0.15, 0.2) is 0 Å². The summed E-state index contributed by atoms with van der Waals surface area (Å²) < 4.78 is 11.0. The van der Waals surface area contributed by atoms with Crippen LogP contribution in [0.2, 0.25) is 0 Å². The topological polar surface area (TPSA) is 128 Å². The summed E-state index contributed by atoms with van der Waals surface area (Å²) in [7, 11) is 1.65. The van der Waals surface area contributed by atoms with Crippen LogP contribution in [0.1, 0.15) is 50.3 Å². The third kappa shape index (κ3) is 5.88. The largest absolute Gasteiger partial charge is 0.497 e. The summed E-state index contributed by atoms with van der Waals surface area (Å²) in [5, 5.41) is 4.09. The molecule has 2 N–H and O–H groups in total. The van der Waals surface area contributed by atoms with Crippen LogP contribution in [0.3, 0.4) is 0 Å². The van der Waals surface area contributed by atoms with Gasteiger partial charge in [0.1, 0.15) is 5.75 Å². The molecule has 3 atom stereocenters. The first kappa shape index (κ1) is 31.9. The predicted octanol–water partition coefficient (Wildman–Crippen LogP) is 1.72. The normalized spacial score (nSPS) is 26.6. The van der Waals surface area contributed by atoms with Gasteiger partial charge < -0.3 is 34.5 Å². The third-order valence-electron chi connectivity index (χ3n) is 11.3. The number of H-pyrrole nitrogens is 1. The molecule has 2 aromatic rings. The number of piperazine rings is 1. The van der Waals surface area contributed by atoms with Crippen molar-refractivity contribution in [2.24, 2.45) is 17.8 Å². The van der Waals surface area contributed by atoms with Crippen LogP contribution in [-0.4, -0.2) is 127 Å². The smallest absolute Gasteiger partial charge is 0.228 e. The van der Waals surface area contributed by atoms with Gasteiger partial charge in [-0.15, -0.1) is 0 Å². The molecule has 5 aliphatic rings. The maximum absolute atomic E-state index is 14.7. The first-order valence-corrected chi connectivity index (χ1v) is 17.5. The summed E-state index contributed by atoms with van der Waals surface area (Å²) in [6.45, 7) is 8.90. The molecule has 1 unspecified atom stereocenters. The molecule has 47 heavy (non-hydrogen) atoms. The molecule has 1 aromatic carbocycles. The lowest BCUT2D eigenvalue weighted by molar-refractivity contribution is -0.167. The highest BCUT2D eigenvalue weighted by atomic mass is 16.5. The average molecular weight is 649 g/mol. The molecule has 4 aliphatic heterocycles. The van der Waals surface area contributed by atoms with E-state index in [0.29, 0.717) is 71.7 Å². The Morgan fingerprint density at radius 1 is 1.02 bits per heavy atom. The minimum atomic E-state index is -0.863. The zero-order chi connectivity index (χ0) is 32.7. The summed E-state index contributed by atoms with van der Waals surface area (Å²) in [5.41, 5.74) is 2.15. The van der Waals surface area contributed by atoms with E-state index in [1.165, 1.54) is 0 Å². The quantitative estimate of drug-likeness (QED) is 0.424. The van der Waals surface area contributed by atoms with E-state index >= 15 is 0 Å². The van der Waals surface area contributed by atoms with Gasteiger partial charge in [0.2, 0.25) is 23.6 Å². The van der Waals surface area contributed by atoms with Crippen LogP contribution in [0.4, 0.5) is 0 Å². The van der Waals surface area contributed by atoms with Gasteiger partial charge in [-0.25, -0.2) is 0 Å². The van der Waals surface area contributed by atoms with E-state index in [9.17, 15) is 19.2 Å². The number of benzene rings is 1. The van der Waals surface area contributed by atoms with Crippen molar-refractivity contribution in [3.8, 4) is 5.75 Å². The SMILES string of the molecule is CC[C@]12c3[nH]c4ccc(OC)cc4c3CCN1C(=O)C(CC(=O)NCCN1CCOCC1)C[C@@H]2C(=O)N1CCN(C(=O)C2CC2)CC1. The monoisotopic (exact) mass is 648 g/mol. The van der Waals surface area contributed by atoms with Gasteiger partial charge >= 0.3 is 0 Å². The highest BCUT2D eigenvalue weighted by Gasteiger charge is 2.59. The Balaban J connectivity index is 1.16. The average Bonchev–Trinajstić information content (AvgIpc) is 3.89. The molecule has 12 nitrogen and oxygen atoms in total. The minimum Gasteiger partial charge on any atom is -0.497 e. The van der Waals surface area contributed by atoms with Crippen LogP contribution < -0.4 is 10.1 Å². The maximum Gasteiger partial charge on any atom is 0.228 e. The number of ether oxygens (including phenoxy) is 2. The number of rotatable bonds is 9. The number of carbonyl (C=O) groups excluding carboxylic acids is 4. The molecule has 4 amide bonds. The van der Waals surface area contributed by atoms with Crippen LogP contribution in [-0.2, 0) is 35.9 Å². The van der Waals surface area contributed by atoms with Crippen molar-refractivity contribution in [2.45, 2.75) is 51.0 Å². The molecule has 0 bridgehead atoms. The minimum absolute atomic E-state index is 0.00434. The van der Waals surface area contributed by atoms with Crippen molar-refractivity contribution in [1.29, 1.82) is 0 Å². The fourth-order valence-corrected chi connectivity index (χ4v) is 8.53.